The number of primary amides is 1. The predicted molar refractivity (Wildman–Crippen MR) is 125 cm³/mol. The molecule has 174 valence electrons. The molecule has 0 spiro atoms. The summed E-state index contributed by atoms with van der Waals surface area (Å²) in [5.41, 5.74) is 8.10. The van der Waals surface area contributed by atoms with Gasteiger partial charge in [0.15, 0.2) is 0 Å². The highest BCUT2D eigenvalue weighted by Gasteiger charge is 2.54. The van der Waals surface area contributed by atoms with Crippen LogP contribution >= 0.6 is 0 Å². The topological polar surface area (TPSA) is 142 Å². The summed E-state index contributed by atoms with van der Waals surface area (Å²) < 4.78 is 1.69. The molecule has 0 radical (unpaired) electrons. The van der Waals surface area contributed by atoms with Gasteiger partial charge in [-0.2, -0.15) is 10.4 Å². The largest absolute Gasteiger partial charge is 0.378 e. The lowest BCUT2D eigenvalue weighted by Crippen LogP contribution is -2.36. The Hall–Kier alpha value is -4.00. The normalized spacial score (nSPS) is 20.8. The van der Waals surface area contributed by atoms with E-state index in [4.69, 9.17) is 5.73 Å². The molecule has 4 heterocycles. The number of aryl methyl sites for hydroxylation is 1. The number of likely N-dealkylation sites (tertiary alicyclic amines) is 1. The molecule has 2 amide bonds. The van der Waals surface area contributed by atoms with E-state index in [1.165, 1.54) is 6.20 Å². The molecule has 0 unspecified atom stereocenters. The molecular weight excluding hydrogens is 432 g/mol. The van der Waals surface area contributed by atoms with Crippen LogP contribution in [0.5, 0.6) is 0 Å². The number of nitriles is 1. The summed E-state index contributed by atoms with van der Waals surface area (Å²) in [6.07, 6.45) is 8.90. The minimum absolute atomic E-state index is 0.0860. The average Bonchev–Trinajstić information content (AvgIpc) is 3.34. The van der Waals surface area contributed by atoms with Crippen molar-refractivity contribution in [3.8, 4) is 17.2 Å². The first-order valence-corrected chi connectivity index (χ1v) is 11.4. The van der Waals surface area contributed by atoms with Gasteiger partial charge in [-0.05, 0) is 38.2 Å². The zero-order valence-corrected chi connectivity index (χ0v) is 19.2. The summed E-state index contributed by atoms with van der Waals surface area (Å²) >= 11 is 0. The molecule has 3 aromatic heterocycles. The van der Waals surface area contributed by atoms with Crippen molar-refractivity contribution in [1.82, 2.24) is 24.5 Å². The van der Waals surface area contributed by atoms with Crippen molar-refractivity contribution in [1.29, 1.82) is 5.26 Å². The third kappa shape index (κ3) is 3.63. The summed E-state index contributed by atoms with van der Waals surface area (Å²) in [5.74, 6) is 0.183. The third-order valence-corrected chi connectivity index (χ3v) is 6.97. The van der Waals surface area contributed by atoms with E-state index in [1.807, 2.05) is 19.2 Å². The van der Waals surface area contributed by atoms with Crippen molar-refractivity contribution in [3.05, 3.63) is 42.2 Å². The van der Waals surface area contributed by atoms with Crippen molar-refractivity contribution < 1.29 is 9.59 Å². The number of carbonyl (C=O) groups is 2. The maximum Gasteiger partial charge on any atom is 0.252 e. The first-order chi connectivity index (χ1) is 16.3. The Labute approximate surface area is 196 Å². The van der Waals surface area contributed by atoms with Crippen LogP contribution in [0.15, 0.2) is 30.9 Å². The van der Waals surface area contributed by atoms with Crippen LogP contribution in [0, 0.1) is 29.6 Å². The van der Waals surface area contributed by atoms with Crippen molar-refractivity contribution >= 4 is 23.0 Å². The summed E-state index contributed by atoms with van der Waals surface area (Å²) in [5, 5.41) is 17.3. The Morgan fingerprint density at radius 3 is 2.59 bits per heavy atom. The molecule has 3 N–H and O–H groups in total. The van der Waals surface area contributed by atoms with Gasteiger partial charge in [-0.1, -0.05) is 6.92 Å². The van der Waals surface area contributed by atoms with Crippen LogP contribution < -0.4 is 11.1 Å². The Morgan fingerprint density at radius 2 is 1.97 bits per heavy atom. The quantitative estimate of drug-likeness (QED) is 0.576. The molecular formula is C24H26N8O2. The Morgan fingerprint density at radius 1 is 1.24 bits per heavy atom. The fourth-order valence-electron chi connectivity index (χ4n) is 4.70. The number of nitrogens with one attached hydrogen (secondary N) is 1. The molecule has 1 aliphatic carbocycles. The van der Waals surface area contributed by atoms with E-state index in [0.717, 1.165) is 17.5 Å². The maximum absolute atomic E-state index is 13.0. The molecule has 1 aliphatic heterocycles. The Balaban J connectivity index is 1.50. The second-order valence-electron chi connectivity index (χ2n) is 9.20. The molecule has 3 aromatic rings. The van der Waals surface area contributed by atoms with Gasteiger partial charge < -0.3 is 16.0 Å². The lowest BCUT2D eigenvalue weighted by molar-refractivity contribution is -0.134. The van der Waals surface area contributed by atoms with Gasteiger partial charge in [-0.3, -0.25) is 9.59 Å². The number of hydrogen-bond acceptors (Lipinski definition) is 7. The van der Waals surface area contributed by atoms with Gasteiger partial charge in [0.05, 0.1) is 29.0 Å². The predicted octanol–water partition coefficient (Wildman–Crippen LogP) is 2.15. The van der Waals surface area contributed by atoms with Gasteiger partial charge in [0.2, 0.25) is 5.91 Å². The lowest BCUT2D eigenvalue weighted by atomic mass is 10.00. The number of anilines is 1. The number of aromatic nitrogens is 4. The second kappa shape index (κ2) is 8.09. The standard InChI is InChI=1S/C24H26N8O2/c1-3-15-10-31(23(34)24(13-25)4-5-24)12-19(15)30-21-18(22(26)33)9-29-32-11-16(6-20(21)32)17-7-27-14(2)28-8-17/h6-9,11,15,19,30H,3-5,10,12H2,1-2H3,(H2,26,33)/t15-,19+/m0/s1. The van der Waals surface area contributed by atoms with E-state index in [9.17, 15) is 14.9 Å². The first-order valence-electron chi connectivity index (χ1n) is 11.4. The van der Waals surface area contributed by atoms with Crippen LogP contribution in [0.3, 0.4) is 0 Å². The number of carbonyl (C=O) groups excluding carboxylic acids is 2. The highest BCUT2D eigenvalue weighted by molar-refractivity contribution is 6.02. The van der Waals surface area contributed by atoms with Crippen LogP contribution in [-0.2, 0) is 4.79 Å². The van der Waals surface area contributed by atoms with Crippen LogP contribution in [0.2, 0.25) is 0 Å². The minimum Gasteiger partial charge on any atom is -0.378 e. The van der Waals surface area contributed by atoms with Crippen molar-refractivity contribution in [2.24, 2.45) is 17.1 Å². The molecule has 0 bridgehead atoms. The maximum atomic E-state index is 13.0. The van der Waals surface area contributed by atoms with Gasteiger partial charge >= 0.3 is 0 Å². The number of amides is 2. The number of fused-ring (bicyclic) bond motifs is 1. The monoisotopic (exact) mass is 458 g/mol. The summed E-state index contributed by atoms with van der Waals surface area (Å²) in [4.78, 5) is 35.6. The van der Waals surface area contributed by atoms with Crippen LogP contribution in [0.25, 0.3) is 16.6 Å². The Bertz CT molecular complexity index is 1320. The lowest BCUT2D eigenvalue weighted by Gasteiger charge is -2.22. The van der Waals surface area contributed by atoms with Gasteiger partial charge in [0, 0.05) is 48.8 Å². The van der Waals surface area contributed by atoms with E-state index in [1.54, 1.807) is 21.8 Å². The molecule has 2 atom stereocenters. The molecule has 0 aromatic carbocycles. The summed E-state index contributed by atoms with van der Waals surface area (Å²) in [6, 6.07) is 4.03. The van der Waals surface area contributed by atoms with Crippen LogP contribution in [0.4, 0.5) is 5.69 Å². The molecule has 1 saturated carbocycles. The molecule has 1 saturated heterocycles. The highest BCUT2D eigenvalue weighted by Crippen LogP contribution is 2.47. The van der Waals surface area contributed by atoms with E-state index >= 15 is 0 Å². The minimum atomic E-state index is -0.845. The summed E-state index contributed by atoms with van der Waals surface area (Å²) in [7, 11) is 0. The number of hydrogen-bond donors (Lipinski definition) is 2. The van der Waals surface area contributed by atoms with Gasteiger partial charge in [-0.25, -0.2) is 14.5 Å². The number of nitrogens with two attached hydrogens (primary N) is 1. The molecule has 2 fully saturated rings. The fraction of sp³-hybridized carbons (Fsp3) is 0.417. The van der Waals surface area contributed by atoms with Crippen LogP contribution in [0.1, 0.15) is 42.4 Å². The molecule has 10 heteroatoms. The van der Waals surface area contributed by atoms with Crippen molar-refractivity contribution in [2.75, 3.05) is 18.4 Å². The smallest absolute Gasteiger partial charge is 0.252 e. The third-order valence-electron chi connectivity index (χ3n) is 6.97. The van der Waals surface area contributed by atoms with E-state index in [0.29, 0.717) is 43.0 Å². The molecule has 34 heavy (non-hydrogen) atoms. The Kier molecular flexibility index (Phi) is 5.20. The first kappa shape index (κ1) is 21.8. The number of nitrogens with zero attached hydrogens (tertiary/aromatic N) is 6. The molecule has 5 rings (SSSR count). The highest BCUT2D eigenvalue weighted by atomic mass is 16.2. The van der Waals surface area contributed by atoms with Crippen molar-refractivity contribution in [2.45, 2.75) is 39.2 Å². The fourth-order valence-corrected chi connectivity index (χ4v) is 4.70. The van der Waals surface area contributed by atoms with Crippen molar-refractivity contribution in [3.63, 3.8) is 0 Å². The van der Waals surface area contributed by atoms with Gasteiger partial charge in [0.25, 0.3) is 5.91 Å². The zero-order valence-electron chi connectivity index (χ0n) is 19.2. The SMILES string of the molecule is CC[C@H]1CN(C(=O)C2(C#N)CC2)C[C@H]1Nc1c(C(N)=O)cnn2cc(-c3cnc(C)nc3)cc12. The number of rotatable bonds is 6. The molecule has 10 nitrogen and oxygen atoms in total. The van der Waals surface area contributed by atoms with Gasteiger partial charge in [0.1, 0.15) is 11.2 Å². The zero-order chi connectivity index (χ0) is 24.0. The van der Waals surface area contributed by atoms with E-state index in [-0.39, 0.29) is 23.4 Å². The summed E-state index contributed by atoms with van der Waals surface area (Å²) in [6.45, 7) is 4.95. The van der Waals surface area contributed by atoms with Gasteiger partial charge in [-0.15, -0.1) is 0 Å². The van der Waals surface area contributed by atoms with E-state index < -0.39 is 11.3 Å². The van der Waals surface area contributed by atoms with Crippen LogP contribution in [-0.4, -0.2) is 55.4 Å². The van der Waals surface area contributed by atoms with E-state index in [2.05, 4.69) is 33.4 Å². The second-order valence-corrected chi connectivity index (χ2v) is 9.20. The average molecular weight is 459 g/mol. The molecule has 2 aliphatic rings.